The van der Waals surface area contributed by atoms with Gasteiger partial charge >= 0.3 is 6.09 Å². The number of hydrogen-bond acceptors (Lipinski definition) is 6. The summed E-state index contributed by atoms with van der Waals surface area (Å²) in [5.74, 6) is 0. The Kier molecular flexibility index (Phi) is 5.35. The molecular formula is C12H21N2O4PS. The monoisotopic (exact) mass is 320 g/mol. The minimum absolute atomic E-state index is 0.350. The summed E-state index contributed by atoms with van der Waals surface area (Å²) in [6, 6.07) is 0. The summed E-state index contributed by atoms with van der Waals surface area (Å²) in [4.78, 5) is 17.4. The number of carbonyl (C=O) groups is 1. The normalized spacial score (nSPS) is 14.7. The zero-order valence-corrected chi connectivity index (χ0v) is 14.4. The lowest BCUT2D eigenvalue weighted by atomic mass is 10.2. The van der Waals surface area contributed by atoms with Gasteiger partial charge in [-0.05, 0) is 27.7 Å². The van der Waals surface area contributed by atoms with Crippen LogP contribution in [0, 0.1) is 0 Å². The maximum Gasteiger partial charge on any atom is 0.416 e. The Morgan fingerprint density at radius 2 is 2.10 bits per heavy atom. The first-order chi connectivity index (χ1) is 9.07. The molecule has 0 aliphatic carbocycles. The van der Waals surface area contributed by atoms with Gasteiger partial charge in [0, 0.05) is 19.1 Å². The van der Waals surface area contributed by atoms with E-state index in [1.54, 1.807) is 40.1 Å². The molecule has 0 spiro atoms. The highest BCUT2D eigenvalue weighted by Crippen LogP contribution is 2.41. The summed E-state index contributed by atoms with van der Waals surface area (Å²) in [7, 11) is -1.35. The molecule has 0 N–H and O–H groups in total. The molecule has 1 aromatic heterocycles. The van der Waals surface area contributed by atoms with E-state index in [4.69, 9.17) is 9.26 Å². The van der Waals surface area contributed by atoms with Crippen molar-refractivity contribution in [2.45, 2.75) is 33.3 Å². The van der Waals surface area contributed by atoms with E-state index in [-0.39, 0.29) is 0 Å². The minimum atomic E-state index is -2.91. The van der Waals surface area contributed by atoms with Crippen LogP contribution in [-0.4, -0.2) is 37.0 Å². The Balaban J connectivity index is 2.87. The number of amides is 1. The second-order valence-corrected chi connectivity index (χ2v) is 8.54. The molecule has 1 aromatic rings. The fourth-order valence-electron chi connectivity index (χ4n) is 1.32. The van der Waals surface area contributed by atoms with Crippen LogP contribution in [-0.2, 0) is 13.8 Å². The predicted octanol–water partition coefficient (Wildman–Crippen LogP) is 3.08. The molecule has 0 saturated carbocycles. The highest BCUT2D eigenvalue weighted by atomic mass is 32.1. The van der Waals surface area contributed by atoms with Crippen LogP contribution in [0.5, 0.6) is 0 Å². The Morgan fingerprint density at radius 3 is 2.60 bits per heavy atom. The van der Waals surface area contributed by atoms with E-state index in [0.29, 0.717) is 17.2 Å². The first-order valence-electron chi connectivity index (χ1n) is 6.21. The summed E-state index contributed by atoms with van der Waals surface area (Å²) in [6.45, 7) is 9.02. The first kappa shape index (κ1) is 17.1. The molecule has 1 heterocycles. The lowest BCUT2D eigenvalue weighted by molar-refractivity contribution is 0.0589. The predicted molar refractivity (Wildman–Crippen MR) is 81.5 cm³/mol. The number of ether oxygens (including phenoxy) is 1. The fraction of sp³-hybridized carbons (Fsp3) is 0.667. The fourth-order valence-corrected chi connectivity index (χ4v) is 3.86. The molecule has 1 atom stereocenters. The van der Waals surface area contributed by atoms with Crippen molar-refractivity contribution in [1.29, 1.82) is 0 Å². The van der Waals surface area contributed by atoms with E-state index in [0.717, 1.165) is 0 Å². The Bertz CT molecular complexity index is 524. The molecule has 0 fully saturated rings. The average molecular weight is 320 g/mol. The summed E-state index contributed by atoms with van der Waals surface area (Å²) in [6.07, 6.45) is -0.499. The van der Waals surface area contributed by atoms with Crippen LogP contribution in [0.1, 0.15) is 27.7 Å². The molecular weight excluding hydrogens is 299 g/mol. The minimum Gasteiger partial charge on any atom is -0.443 e. The second-order valence-electron chi connectivity index (χ2n) is 5.29. The Hall–Kier alpha value is -0.910. The molecule has 0 radical (unpaired) electrons. The van der Waals surface area contributed by atoms with Crippen LogP contribution < -0.4 is 10.3 Å². The zero-order valence-electron chi connectivity index (χ0n) is 12.7. The van der Waals surface area contributed by atoms with Crippen molar-refractivity contribution < 1.29 is 18.6 Å². The van der Waals surface area contributed by atoms with Crippen LogP contribution in [0.15, 0.2) is 5.38 Å². The van der Waals surface area contributed by atoms with Gasteiger partial charge in [-0.3, -0.25) is 9.46 Å². The molecule has 1 unspecified atom stereocenters. The second kappa shape index (κ2) is 6.24. The molecule has 0 saturated heterocycles. The van der Waals surface area contributed by atoms with E-state index in [9.17, 15) is 9.36 Å². The highest BCUT2D eigenvalue weighted by Gasteiger charge is 2.26. The van der Waals surface area contributed by atoms with Crippen LogP contribution in [0.25, 0.3) is 0 Å². The quantitative estimate of drug-likeness (QED) is 0.797. The SMILES string of the molecule is CCOP(C)(=O)c1csc(N(C)C(=O)OC(C)(C)C)n1. The van der Waals surface area contributed by atoms with Gasteiger partial charge in [-0.1, -0.05) is 0 Å². The molecule has 0 bridgehead atoms. The van der Waals surface area contributed by atoms with Crippen LogP contribution in [0.2, 0.25) is 0 Å². The smallest absolute Gasteiger partial charge is 0.416 e. The summed E-state index contributed by atoms with van der Waals surface area (Å²) in [5, 5.41) is 2.07. The van der Waals surface area contributed by atoms with Crippen molar-refractivity contribution in [2.75, 3.05) is 25.2 Å². The highest BCUT2D eigenvalue weighted by molar-refractivity contribution is 7.66. The van der Waals surface area contributed by atoms with Crippen LogP contribution in [0.3, 0.4) is 0 Å². The number of rotatable bonds is 4. The van der Waals surface area contributed by atoms with Crippen molar-refractivity contribution in [2.24, 2.45) is 0 Å². The van der Waals surface area contributed by atoms with Gasteiger partial charge in [0.15, 0.2) is 5.13 Å². The molecule has 114 valence electrons. The first-order valence-corrected chi connectivity index (χ1v) is 9.17. The summed E-state index contributed by atoms with van der Waals surface area (Å²) < 4.78 is 22.7. The largest absolute Gasteiger partial charge is 0.443 e. The number of nitrogens with zero attached hydrogens (tertiary/aromatic N) is 2. The van der Waals surface area contributed by atoms with Gasteiger partial charge in [0.2, 0.25) is 7.37 Å². The van der Waals surface area contributed by atoms with E-state index in [1.165, 1.54) is 22.9 Å². The molecule has 0 aliphatic rings. The summed E-state index contributed by atoms with van der Waals surface area (Å²) >= 11 is 1.23. The third-order valence-corrected chi connectivity index (χ3v) is 5.13. The van der Waals surface area contributed by atoms with Crippen LogP contribution >= 0.6 is 18.7 Å². The van der Waals surface area contributed by atoms with Crippen molar-refractivity contribution >= 4 is 35.4 Å². The van der Waals surface area contributed by atoms with Crippen molar-refractivity contribution in [1.82, 2.24) is 4.98 Å². The van der Waals surface area contributed by atoms with E-state index >= 15 is 0 Å². The number of aromatic nitrogens is 1. The third-order valence-electron chi connectivity index (χ3n) is 2.23. The van der Waals surface area contributed by atoms with Crippen molar-refractivity contribution in [3.8, 4) is 0 Å². The standard InChI is InChI=1S/C12H21N2O4PS/c1-7-17-19(6,16)9-8-20-10(13-9)14(5)11(15)18-12(2,3)4/h8H,7H2,1-6H3. The molecule has 8 heteroatoms. The molecule has 0 aliphatic heterocycles. The van der Waals surface area contributed by atoms with E-state index in [2.05, 4.69) is 4.98 Å². The average Bonchev–Trinajstić information content (AvgIpc) is 2.75. The van der Waals surface area contributed by atoms with Crippen molar-refractivity contribution in [3.63, 3.8) is 0 Å². The van der Waals surface area contributed by atoms with Crippen molar-refractivity contribution in [3.05, 3.63) is 5.38 Å². The molecule has 1 amide bonds. The third kappa shape index (κ3) is 4.58. The number of thiazole rings is 1. The molecule has 6 nitrogen and oxygen atoms in total. The van der Waals surface area contributed by atoms with Gasteiger partial charge in [0.25, 0.3) is 0 Å². The molecule has 20 heavy (non-hydrogen) atoms. The summed E-state index contributed by atoms with van der Waals surface area (Å²) in [5.41, 5.74) is -0.202. The van der Waals surface area contributed by atoms with Gasteiger partial charge in [-0.2, -0.15) is 0 Å². The number of anilines is 1. The van der Waals surface area contributed by atoms with E-state index < -0.39 is 19.1 Å². The van der Waals surface area contributed by atoms with Gasteiger partial charge in [-0.25, -0.2) is 9.78 Å². The molecule has 0 aromatic carbocycles. The van der Waals surface area contributed by atoms with Gasteiger partial charge in [0.05, 0.1) is 6.61 Å². The number of carbonyl (C=O) groups excluding carboxylic acids is 1. The maximum absolute atomic E-state index is 12.2. The lowest BCUT2D eigenvalue weighted by Gasteiger charge is -2.23. The maximum atomic E-state index is 12.2. The van der Waals surface area contributed by atoms with Gasteiger partial charge in [0.1, 0.15) is 11.0 Å². The zero-order chi connectivity index (χ0) is 15.6. The van der Waals surface area contributed by atoms with Gasteiger partial charge < -0.3 is 9.26 Å². The number of hydrogen-bond donors (Lipinski definition) is 0. The van der Waals surface area contributed by atoms with Crippen LogP contribution in [0.4, 0.5) is 9.93 Å². The Labute approximate surface area is 123 Å². The Morgan fingerprint density at radius 1 is 1.50 bits per heavy atom. The topological polar surface area (TPSA) is 68.7 Å². The molecule has 1 rings (SSSR count). The van der Waals surface area contributed by atoms with Gasteiger partial charge in [-0.15, -0.1) is 11.3 Å². The lowest BCUT2D eigenvalue weighted by Crippen LogP contribution is -2.34. The van der Waals surface area contributed by atoms with E-state index in [1.807, 2.05) is 0 Å².